The fraction of sp³-hybridized carbons (Fsp3) is 0.364. The number of hydrogen-bond donors (Lipinski definition) is 2. The summed E-state index contributed by atoms with van der Waals surface area (Å²) in [5, 5.41) is 0. The van der Waals surface area contributed by atoms with Crippen molar-refractivity contribution in [3.05, 3.63) is 65.2 Å². The molecule has 0 saturated heterocycles. The van der Waals surface area contributed by atoms with Crippen molar-refractivity contribution in [2.75, 3.05) is 6.61 Å². The summed E-state index contributed by atoms with van der Waals surface area (Å²) in [6.07, 6.45) is 0. The molecule has 0 aliphatic carbocycles. The Balaban J connectivity index is 1.80. The minimum absolute atomic E-state index is 0.0218. The normalized spacial score (nSPS) is 11.2. The SMILES string of the molecule is CC(C)c1ccc(OCC(=O)NNC(=O)c2ccc(C(C)(C)C)cc2)cc1. The van der Waals surface area contributed by atoms with Crippen molar-refractivity contribution in [1.29, 1.82) is 0 Å². The Labute approximate surface area is 161 Å². The quantitative estimate of drug-likeness (QED) is 0.786. The van der Waals surface area contributed by atoms with Crippen LogP contribution in [0.3, 0.4) is 0 Å². The highest BCUT2D eigenvalue weighted by molar-refractivity contribution is 5.95. The molecule has 2 aromatic carbocycles. The molecule has 0 atom stereocenters. The lowest BCUT2D eigenvalue weighted by atomic mass is 9.87. The fourth-order valence-corrected chi connectivity index (χ4v) is 2.45. The van der Waals surface area contributed by atoms with Crippen molar-refractivity contribution >= 4 is 11.8 Å². The average Bonchev–Trinajstić information content (AvgIpc) is 2.64. The first-order valence-corrected chi connectivity index (χ1v) is 9.09. The van der Waals surface area contributed by atoms with E-state index in [0.717, 1.165) is 5.56 Å². The lowest BCUT2D eigenvalue weighted by Gasteiger charge is -2.19. The zero-order chi connectivity index (χ0) is 20.0. The molecule has 2 rings (SSSR count). The molecule has 0 aromatic heterocycles. The molecule has 2 amide bonds. The molecular weight excluding hydrogens is 340 g/mol. The summed E-state index contributed by atoms with van der Waals surface area (Å²) in [4.78, 5) is 24.0. The predicted octanol–water partition coefficient (Wildman–Crippen LogP) is 3.95. The molecule has 27 heavy (non-hydrogen) atoms. The molecule has 0 radical (unpaired) electrons. The van der Waals surface area contributed by atoms with E-state index in [9.17, 15) is 9.59 Å². The van der Waals surface area contributed by atoms with Crippen LogP contribution >= 0.6 is 0 Å². The number of benzene rings is 2. The highest BCUT2D eigenvalue weighted by atomic mass is 16.5. The number of rotatable bonds is 5. The lowest BCUT2D eigenvalue weighted by molar-refractivity contribution is -0.123. The molecule has 144 valence electrons. The maximum atomic E-state index is 12.1. The monoisotopic (exact) mass is 368 g/mol. The summed E-state index contributed by atoms with van der Waals surface area (Å²) in [5.41, 5.74) is 7.61. The second-order valence-corrected chi connectivity index (χ2v) is 7.84. The van der Waals surface area contributed by atoms with Crippen molar-refractivity contribution in [3.8, 4) is 5.75 Å². The molecule has 0 bridgehead atoms. The minimum Gasteiger partial charge on any atom is -0.484 e. The van der Waals surface area contributed by atoms with Crippen LogP contribution in [-0.2, 0) is 10.2 Å². The van der Waals surface area contributed by atoms with E-state index in [2.05, 4.69) is 45.5 Å². The minimum atomic E-state index is -0.428. The van der Waals surface area contributed by atoms with Crippen molar-refractivity contribution in [1.82, 2.24) is 10.9 Å². The molecule has 0 saturated carbocycles. The van der Waals surface area contributed by atoms with Crippen molar-refractivity contribution in [3.63, 3.8) is 0 Å². The number of hydrazine groups is 1. The second-order valence-electron chi connectivity index (χ2n) is 7.84. The Morgan fingerprint density at radius 2 is 1.52 bits per heavy atom. The van der Waals surface area contributed by atoms with Crippen LogP contribution in [0.1, 0.15) is 62.0 Å². The Hall–Kier alpha value is -2.82. The molecule has 0 unspecified atom stereocenters. The third-order valence-corrected chi connectivity index (χ3v) is 4.25. The zero-order valence-corrected chi connectivity index (χ0v) is 16.6. The summed E-state index contributed by atoms with van der Waals surface area (Å²) in [6, 6.07) is 14.9. The number of carbonyl (C=O) groups is 2. The highest BCUT2D eigenvalue weighted by Crippen LogP contribution is 2.22. The topological polar surface area (TPSA) is 67.4 Å². The van der Waals surface area contributed by atoms with Crippen LogP contribution in [-0.4, -0.2) is 18.4 Å². The maximum Gasteiger partial charge on any atom is 0.276 e. The van der Waals surface area contributed by atoms with Crippen LogP contribution in [0.15, 0.2) is 48.5 Å². The summed E-state index contributed by atoms with van der Waals surface area (Å²) in [7, 11) is 0. The lowest BCUT2D eigenvalue weighted by Crippen LogP contribution is -2.43. The van der Waals surface area contributed by atoms with Crippen LogP contribution in [0.4, 0.5) is 0 Å². The first-order valence-electron chi connectivity index (χ1n) is 9.09. The standard InChI is InChI=1S/C22H28N2O3/c1-15(2)16-8-12-19(13-9-16)27-14-20(25)23-24-21(26)17-6-10-18(11-7-17)22(3,4)5/h6-13,15H,14H2,1-5H3,(H,23,25)(H,24,26). The van der Waals surface area contributed by atoms with Gasteiger partial charge in [-0.25, -0.2) is 0 Å². The number of nitrogens with one attached hydrogen (secondary N) is 2. The van der Waals surface area contributed by atoms with E-state index in [4.69, 9.17) is 4.74 Å². The first-order chi connectivity index (χ1) is 12.7. The molecule has 0 heterocycles. The predicted molar refractivity (Wildman–Crippen MR) is 107 cm³/mol. The molecule has 0 aliphatic heterocycles. The van der Waals surface area contributed by atoms with Gasteiger partial charge in [0, 0.05) is 5.56 Å². The van der Waals surface area contributed by atoms with E-state index in [1.165, 1.54) is 5.56 Å². The van der Waals surface area contributed by atoms with Crippen LogP contribution in [0.5, 0.6) is 5.75 Å². The molecule has 0 aliphatic rings. The van der Waals surface area contributed by atoms with Gasteiger partial charge in [0.25, 0.3) is 11.8 Å². The molecule has 2 aromatic rings. The zero-order valence-electron chi connectivity index (χ0n) is 16.6. The molecule has 2 N–H and O–H groups in total. The van der Waals surface area contributed by atoms with E-state index in [1.54, 1.807) is 12.1 Å². The van der Waals surface area contributed by atoms with Gasteiger partial charge >= 0.3 is 0 Å². The van der Waals surface area contributed by atoms with Gasteiger partial charge in [0.15, 0.2) is 6.61 Å². The first kappa shape index (κ1) is 20.5. The van der Waals surface area contributed by atoms with Gasteiger partial charge in [-0.3, -0.25) is 20.4 Å². The van der Waals surface area contributed by atoms with Crippen LogP contribution in [0.25, 0.3) is 0 Å². The third-order valence-electron chi connectivity index (χ3n) is 4.25. The van der Waals surface area contributed by atoms with Crippen LogP contribution in [0.2, 0.25) is 0 Å². The number of carbonyl (C=O) groups excluding carboxylic acids is 2. The molecule has 0 spiro atoms. The Morgan fingerprint density at radius 1 is 0.926 bits per heavy atom. The summed E-state index contributed by atoms with van der Waals surface area (Å²) in [5.74, 6) is 0.251. The largest absolute Gasteiger partial charge is 0.484 e. The Morgan fingerprint density at radius 3 is 2.04 bits per heavy atom. The van der Waals surface area contributed by atoms with Gasteiger partial charge in [0.2, 0.25) is 0 Å². The van der Waals surface area contributed by atoms with E-state index in [1.807, 2.05) is 36.4 Å². The molecular formula is C22H28N2O3. The number of amides is 2. The summed E-state index contributed by atoms with van der Waals surface area (Å²) in [6.45, 7) is 10.4. The van der Waals surface area contributed by atoms with Gasteiger partial charge in [-0.1, -0.05) is 58.9 Å². The van der Waals surface area contributed by atoms with Gasteiger partial charge in [-0.15, -0.1) is 0 Å². The maximum absolute atomic E-state index is 12.1. The van der Waals surface area contributed by atoms with Gasteiger partial charge in [0.1, 0.15) is 5.75 Å². The van der Waals surface area contributed by atoms with Gasteiger partial charge < -0.3 is 4.74 Å². The van der Waals surface area contributed by atoms with E-state index in [0.29, 0.717) is 17.2 Å². The van der Waals surface area contributed by atoms with Gasteiger partial charge in [0.05, 0.1) is 0 Å². The molecule has 5 heteroatoms. The Kier molecular flexibility index (Phi) is 6.61. The van der Waals surface area contributed by atoms with Gasteiger partial charge in [-0.2, -0.15) is 0 Å². The number of ether oxygens (including phenoxy) is 1. The number of hydrogen-bond acceptors (Lipinski definition) is 3. The summed E-state index contributed by atoms with van der Waals surface area (Å²) < 4.78 is 5.43. The van der Waals surface area contributed by atoms with Crippen LogP contribution < -0.4 is 15.6 Å². The molecule has 5 nitrogen and oxygen atoms in total. The Bertz CT molecular complexity index is 773. The van der Waals surface area contributed by atoms with Crippen LogP contribution in [0, 0.1) is 0 Å². The van der Waals surface area contributed by atoms with Gasteiger partial charge in [-0.05, 0) is 46.7 Å². The fourth-order valence-electron chi connectivity index (χ4n) is 2.45. The van der Waals surface area contributed by atoms with E-state index >= 15 is 0 Å². The summed E-state index contributed by atoms with van der Waals surface area (Å²) >= 11 is 0. The average molecular weight is 368 g/mol. The highest BCUT2D eigenvalue weighted by Gasteiger charge is 2.14. The third kappa shape index (κ3) is 6.13. The molecule has 0 fully saturated rings. The van der Waals surface area contributed by atoms with E-state index in [-0.39, 0.29) is 17.9 Å². The van der Waals surface area contributed by atoms with E-state index < -0.39 is 5.91 Å². The van der Waals surface area contributed by atoms with Crippen molar-refractivity contribution in [2.24, 2.45) is 0 Å². The second kappa shape index (κ2) is 8.71. The smallest absolute Gasteiger partial charge is 0.276 e. The van der Waals surface area contributed by atoms with Crippen molar-refractivity contribution < 1.29 is 14.3 Å². The van der Waals surface area contributed by atoms with Crippen molar-refractivity contribution in [2.45, 2.75) is 46.0 Å².